The highest BCUT2D eigenvalue weighted by Crippen LogP contribution is 2.30. The van der Waals surface area contributed by atoms with Crippen LogP contribution >= 0.6 is 0 Å². The van der Waals surface area contributed by atoms with Crippen molar-refractivity contribution in [3.63, 3.8) is 0 Å². The number of likely N-dealkylation sites (tertiary alicyclic amines) is 1. The Morgan fingerprint density at radius 1 is 1.09 bits per heavy atom. The number of hydrogen-bond acceptors (Lipinski definition) is 5. The lowest BCUT2D eigenvalue weighted by atomic mass is 10.0. The lowest BCUT2D eigenvalue weighted by Crippen LogP contribution is -2.58. The van der Waals surface area contributed by atoms with Gasteiger partial charge < -0.3 is 4.90 Å². The van der Waals surface area contributed by atoms with E-state index in [4.69, 9.17) is 0 Å². The highest BCUT2D eigenvalue weighted by molar-refractivity contribution is 7.92. The molecule has 22 heavy (non-hydrogen) atoms. The van der Waals surface area contributed by atoms with Crippen molar-refractivity contribution in [3.05, 3.63) is 23.8 Å². The maximum Gasteiger partial charge on any atom is 0.274 e. The Morgan fingerprint density at radius 3 is 2.36 bits per heavy atom. The van der Waals surface area contributed by atoms with Crippen LogP contribution in [0.2, 0.25) is 0 Å². The van der Waals surface area contributed by atoms with Gasteiger partial charge in [0.15, 0.2) is 9.84 Å². The zero-order valence-electron chi connectivity index (χ0n) is 12.7. The molecule has 1 aromatic heterocycles. The van der Waals surface area contributed by atoms with E-state index in [1.807, 2.05) is 0 Å². The molecule has 1 amide bonds. The number of rotatable bonds is 3. The molecule has 0 spiro atoms. The summed E-state index contributed by atoms with van der Waals surface area (Å²) in [5.74, 6) is -0.234. The summed E-state index contributed by atoms with van der Waals surface area (Å²) in [5.41, 5.74) is 1.03. The lowest BCUT2D eigenvalue weighted by molar-refractivity contribution is 0.0651. The third kappa shape index (κ3) is 2.86. The Morgan fingerprint density at radius 2 is 1.77 bits per heavy atom. The molecule has 120 valence electrons. The van der Waals surface area contributed by atoms with Crippen LogP contribution < -0.4 is 0 Å². The minimum Gasteiger partial charge on any atom is -0.335 e. The van der Waals surface area contributed by atoms with E-state index in [1.54, 1.807) is 18.0 Å². The van der Waals surface area contributed by atoms with E-state index in [0.29, 0.717) is 0 Å². The molecule has 2 fully saturated rings. The zero-order valence-corrected chi connectivity index (χ0v) is 13.6. The number of aryl methyl sites for hydroxylation is 1. The van der Waals surface area contributed by atoms with Crippen molar-refractivity contribution in [2.75, 3.05) is 13.1 Å². The first-order valence-electron chi connectivity index (χ1n) is 7.79. The normalized spacial score (nSPS) is 20.7. The molecule has 7 heteroatoms. The fraction of sp³-hybridized carbons (Fsp3) is 0.667. The summed E-state index contributed by atoms with van der Waals surface area (Å²) in [4.78, 5) is 21.9. The molecular weight excluding hydrogens is 302 g/mol. The number of amides is 1. The molecule has 0 radical (unpaired) electrons. The van der Waals surface area contributed by atoms with E-state index in [1.165, 1.54) is 6.20 Å². The molecule has 1 saturated carbocycles. The van der Waals surface area contributed by atoms with Crippen molar-refractivity contribution in [1.29, 1.82) is 0 Å². The quantitative estimate of drug-likeness (QED) is 0.839. The fourth-order valence-corrected chi connectivity index (χ4v) is 5.45. The van der Waals surface area contributed by atoms with Crippen LogP contribution in [-0.2, 0) is 9.84 Å². The minimum atomic E-state index is -3.11. The first-order valence-corrected chi connectivity index (χ1v) is 9.40. The summed E-state index contributed by atoms with van der Waals surface area (Å²) in [6, 6.07) is 0. The van der Waals surface area contributed by atoms with Crippen LogP contribution in [-0.4, -0.2) is 52.8 Å². The van der Waals surface area contributed by atoms with E-state index >= 15 is 0 Å². The number of nitrogens with zero attached hydrogens (tertiary/aromatic N) is 3. The zero-order chi connectivity index (χ0) is 15.7. The number of aromatic nitrogens is 2. The first-order chi connectivity index (χ1) is 10.5. The van der Waals surface area contributed by atoms with Crippen LogP contribution in [0.5, 0.6) is 0 Å². The average Bonchev–Trinajstić information content (AvgIpc) is 2.47. The molecule has 2 aliphatic rings. The summed E-state index contributed by atoms with van der Waals surface area (Å²) in [7, 11) is -3.11. The van der Waals surface area contributed by atoms with Gasteiger partial charge in [-0.1, -0.05) is 19.3 Å². The second kappa shape index (κ2) is 5.95. The van der Waals surface area contributed by atoms with E-state index in [0.717, 1.165) is 37.8 Å². The van der Waals surface area contributed by atoms with Crippen LogP contribution in [0.3, 0.4) is 0 Å². The second-order valence-electron chi connectivity index (χ2n) is 6.22. The molecule has 1 aliphatic carbocycles. The molecule has 0 atom stereocenters. The lowest BCUT2D eigenvalue weighted by Gasteiger charge is -2.40. The van der Waals surface area contributed by atoms with Gasteiger partial charge in [-0.2, -0.15) is 0 Å². The number of sulfone groups is 1. The number of carbonyl (C=O) groups is 1. The van der Waals surface area contributed by atoms with Crippen molar-refractivity contribution in [2.24, 2.45) is 0 Å². The van der Waals surface area contributed by atoms with E-state index in [-0.39, 0.29) is 29.9 Å². The van der Waals surface area contributed by atoms with Crippen LogP contribution in [0, 0.1) is 6.92 Å². The van der Waals surface area contributed by atoms with Crippen molar-refractivity contribution in [3.8, 4) is 0 Å². The van der Waals surface area contributed by atoms with E-state index in [9.17, 15) is 13.2 Å². The molecule has 3 rings (SSSR count). The predicted molar refractivity (Wildman–Crippen MR) is 82.3 cm³/mol. The van der Waals surface area contributed by atoms with Gasteiger partial charge in [-0.15, -0.1) is 0 Å². The van der Waals surface area contributed by atoms with Crippen molar-refractivity contribution in [2.45, 2.75) is 49.5 Å². The van der Waals surface area contributed by atoms with Crippen LogP contribution in [0.25, 0.3) is 0 Å². The van der Waals surface area contributed by atoms with Gasteiger partial charge in [-0.3, -0.25) is 9.78 Å². The van der Waals surface area contributed by atoms with Crippen molar-refractivity contribution in [1.82, 2.24) is 14.9 Å². The Kier molecular flexibility index (Phi) is 4.16. The topological polar surface area (TPSA) is 80.2 Å². The van der Waals surface area contributed by atoms with E-state index in [2.05, 4.69) is 9.97 Å². The number of carbonyl (C=O) groups excluding carboxylic acids is 1. The molecule has 1 saturated heterocycles. The molecule has 0 unspecified atom stereocenters. The second-order valence-corrected chi connectivity index (χ2v) is 8.74. The van der Waals surface area contributed by atoms with Gasteiger partial charge in [0.25, 0.3) is 5.91 Å². The summed E-state index contributed by atoms with van der Waals surface area (Å²) in [6.07, 6.45) is 7.67. The molecule has 6 nitrogen and oxygen atoms in total. The Hall–Kier alpha value is -1.50. The maximum atomic E-state index is 12.6. The molecule has 0 aromatic carbocycles. The SMILES string of the molecule is Cc1cnc(C(=O)N2CC(S(=O)(=O)C3CCCCC3)C2)cn1. The first kappa shape index (κ1) is 15.4. The standard InChI is InChI=1S/C15H21N3O3S/c1-11-7-17-14(8-16-11)15(19)18-9-13(10-18)22(20,21)12-5-3-2-4-6-12/h7-8,12-13H,2-6,9-10H2,1H3. The molecular formula is C15H21N3O3S. The molecule has 1 aliphatic heterocycles. The van der Waals surface area contributed by atoms with Gasteiger partial charge in [-0.25, -0.2) is 13.4 Å². The van der Waals surface area contributed by atoms with Gasteiger partial charge in [-0.05, 0) is 19.8 Å². The average molecular weight is 323 g/mol. The molecule has 2 heterocycles. The van der Waals surface area contributed by atoms with Gasteiger partial charge in [0.1, 0.15) is 5.69 Å². The number of hydrogen-bond donors (Lipinski definition) is 0. The van der Waals surface area contributed by atoms with Gasteiger partial charge in [0.05, 0.1) is 22.4 Å². The Labute approximate surface area is 130 Å². The molecule has 0 bridgehead atoms. The monoisotopic (exact) mass is 323 g/mol. The summed E-state index contributed by atoms with van der Waals surface area (Å²) in [5, 5.41) is -0.611. The summed E-state index contributed by atoms with van der Waals surface area (Å²) < 4.78 is 25.1. The minimum absolute atomic E-state index is 0.206. The van der Waals surface area contributed by atoms with Crippen LogP contribution in [0.1, 0.15) is 48.3 Å². The van der Waals surface area contributed by atoms with Gasteiger partial charge in [0, 0.05) is 19.3 Å². The summed E-state index contributed by atoms with van der Waals surface area (Å²) in [6.45, 7) is 2.37. The van der Waals surface area contributed by atoms with E-state index < -0.39 is 15.1 Å². The van der Waals surface area contributed by atoms with Crippen molar-refractivity contribution < 1.29 is 13.2 Å². The largest absolute Gasteiger partial charge is 0.335 e. The Bertz CT molecular complexity index is 645. The maximum absolute atomic E-state index is 12.6. The van der Waals surface area contributed by atoms with Crippen molar-refractivity contribution >= 4 is 15.7 Å². The summed E-state index contributed by atoms with van der Waals surface area (Å²) >= 11 is 0. The smallest absolute Gasteiger partial charge is 0.274 e. The highest BCUT2D eigenvalue weighted by Gasteiger charge is 2.44. The molecule has 1 aromatic rings. The Balaban J connectivity index is 1.61. The fourth-order valence-electron chi connectivity index (χ4n) is 3.14. The van der Waals surface area contributed by atoms with Gasteiger partial charge >= 0.3 is 0 Å². The third-order valence-corrected chi connectivity index (χ3v) is 7.24. The van der Waals surface area contributed by atoms with Crippen LogP contribution in [0.15, 0.2) is 12.4 Å². The molecule has 0 N–H and O–H groups in total. The highest BCUT2D eigenvalue weighted by atomic mass is 32.2. The predicted octanol–water partition coefficient (Wildman–Crippen LogP) is 1.36. The third-order valence-electron chi connectivity index (χ3n) is 4.62. The van der Waals surface area contributed by atoms with Gasteiger partial charge in [0.2, 0.25) is 0 Å². The van der Waals surface area contributed by atoms with Crippen LogP contribution in [0.4, 0.5) is 0 Å².